The van der Waals surface area contributed by atoms with E-state index in [0.717, 1.165) is 17.1 Å². The van der Waals surface area contributed by atoms with Gasteiger partial charge in [-0.2, -0.15) is 0 Å². The van der Waals surface area contributed by atoms with Gasteiger partial charge in [-0.3, -0.25) is 4.99 Å². The third-order valence-corrected chi connectivity index (χ3v) is 1.76. The Labute approximate surface area is 71.6 Å². The Morgan fingerprint density at radius 1 is 1.25 bits per heavy atom. The number of nitrogens with zero attached hydrogens (tertiary/aromatic N) is 1. The minimum absolute atomic E-state index is 1.00. The van der Waals surface area contributed by atoms with E-state index in [9.17, 15) is 0 Å². The van der Waals surface area contributed by atoms with E-state index >= 15 is 0 Å². The van der Waals surface area contributed by atoms with Crippen molar-refractivity contribution in [2.45, 2.75) is 6.92 Å². The molecule has 0 aliphatic carbocycles. The van der Waals surface area contributed by atoms with Gasteiger partial charge in [0.2, 0.25) is 0 Å². The van der Waals surface area contributed by atoms with E-state index in [0.29, 0.717) is 0 Å². The Kier molecular flexibility index (Phi) is 1.67. The van der Waals surface area contributed by atoms with Crippen LogP contribution in [0.5, 0.6) is 0 Å². The summed E-state index contributed by atoms with van der Waals surface area (Å²) in [6.07, 6.45) is 3.87. The van der Waals surface area contributed by atoms with Gasteiger partial charge >= 0.3 is 0 Å². The fraction of sp³-hybridized carbons (Fsp3) is 0.100. The highest BCUT2D eigenvalue weighted by molar-refractivity contribution is 5.97. The zero-order chi connectivity index (χ0) is 8.39. The molecule has 0 aromatic heterocycles. The van der Waals surface area contributed by atoms with Crippen molar-refractivity contribution in [2.75, 3.05) is 5.32 Å². The molecule has 0 fully saturated rings. The first-order valence-electron chi connectivity index (χ1n) is 3.94. The summed E-state index contributed by atoms with van der Waals surface area (Å²) in [5.41, 5.74) is 3.08. The number of hydrogen-bond acceptors (Lipinski definition) is 2. The van der Waals surface area contributed by atoms with Crippen LogP contribution in [-0.4, -0.2) is 5.71 Å². The summed E-state index contributed by atoms with van der Waals surface area (Å²) < 4.78 is 0. The van der Waals surface area contributed by atoms with Crippen molar-refractivity contribution < 1.29 is 0 Å². The van der Waals surface area contributed by atoms with E-state index in [1.807, 2.05) is 43.5 Å². The highest BCUT2D eigenvalue weighted by Gasteiger charge is 2.00. The van der Waals surface area contributed by atoms with Crippen LogP contribution in [0.15, 0.2) is 41.5 Å². The van der Waals surface area contributed by atoms with Crippen molar-refractivity contribution in [3.8, 4) is 0 Å². The Balaban J connectivity index is 2.54. The van der Waals surface area contributed by atoms with E-state index in [1.165, 1.54) is 0 Å². The summed E-state index contributed by atoms with van der Waals surface area (Å²) in [7, 11) is 0. The molecule has 1 aromatic rings. The number of para-hydroxylation sites is 2. The molecule has 1 aromatic carbocycles. The van der Waals surface area contributed by atoms with Crippen LogP contribution in [0.25, 0.3) is 0 Å². The monoisotopic (exact) mass is 158 g/mol. The minimum atomic E-state index is 1.00. The third kappa shape index (κ3) is 1.23. The van der Waals surface area contributed by atoms with Crippen molar-refractivity contribution >= 4 is 17.1 Å². The molecule has 0 unspecified atom stereocenters. The molecule has 0 saturated carbocycles. The van der Waals surface area contributed by atoms with Gasteiger partial charge in [-0.05, 0) is 25.1 Å². The molecular formula is C10H10N2. The molecule has 1 aliphatic rings. The van der Waals surface area contributed by atoms with Crippen molar-refractivity contribution in [3.63, 3.8) is 0 Å². The molecule has 2 heteroatoms. The topological polar surface area (TPSA) is 24.4 Å². The first-order chi connectivity index (χ1) is 5.86. The summed E-state index contributed by atoms with van der Waals surface area (Å²) in [6, 6.07) is 8.00. The van der Waals surface area contributed by atoms with Gasteiger partial charge in [0, 0.05) is 11.9 Å². The third-order valence-electron chi connectivity index (χ3n) is 1.76. The van der Waals surface area contributed by atoms with E-state index in [-0.39, 0.29) is 0 Å². The Bertz CT molecular complexity index is 351. The van der Waals surface area contributed by atoms with E-state index in [2.05, 4.69) is 10.3 Å². The summed E-state index contributed by atoms with van der Waals surface area (Å²) in [5, 5.41) is 3.16. The van der Waals surface area contributed by atoms with E-state index in [4.69, 9.17) is 0 Å². The zero-order valence-corrected chi connectivity index (χ0v) is 6.91. The molecule has 1 N–H and O–H groups in total. The zero-order valence-electron chi connectivity index (χ0n) is 6.91. The van der Waals surface area contributed by atoms with Crippen LogP contribution in [0.2, 0.25) is 0 Å². The van der Waals surface area contributed by atoms with Gasteiger partial charge in [-0.15, -0.1) is 0 Å². The fourth-order valence-corrected chi connectivity index (χ4v) is 1.17. The number of allylic oxidation sites excluding steroid dienone is 1. The quantitative estimate of drug-likeness (QED) is 0.616. The highest BCUT2D eigenvalue weighted by atomic mass is 14.9. The maximum absolute atomic E-state index is 4.41. The minimum Gasteiger partial charge on any atom is -0.360 e. The molecule has 2 rings (SSSR count). The van der Waals surface area contributed by atoms with Gasteiger partial charge < -0.3 is 5.32 Å². The average molecular weight is 158 g/mol. The lowest BCUT2D eigenvalue weighted by Crippen LogP contribution is -1.84. The van der Waals surface area contributed by atoms with Gasteiger partial charge in [0.1, 0.15) is 0 Å². The van der Waals surface area contributed by atoms with Crippen LogP contribution in [0.1, 0.15) is 6.92 Å². The van der Waals surface area contributed by atoms with E-state index < -0.39 is 0 Å². The largest absolute Gasteiger partial charge is 0.360 e. The molecule has 12 heavy (non-hydrogen) atoms. The Morgan fingerprint density at radius 2 is 2.08 bits per heavy atom. The lowest BCUT2D eigenvalue weighted by molar-refractivity contribution is 1.50. The number of fused-ring (bicyclic) bond motifs is 1. The molecule has 0 amide bonds. The smallest absolute Gasteiger partial charge is 0.0867 e. The average Bonchev–Trinajstić information content (AvgIpc) is 2.25. The summed E-state index contributed by atoms with van der Waals surface area (Å²) >= 11 is 0. The molecule has 60 valence electrons. The number of benzene rings is 1. The van der Waals surface area contributed by atoms with Crippen LogP contribution < -0.4 is 5.32 Å². The maximum atomic E-state index is 4.41. The number of hydrogen-bond donors (Lipinski definition) is 1. The first-order valence-corrected chi connectivity index (χ1v) is 3.94. The second kappa shape index (κ2) is 2.81. The molecule has 0 bridgehead atoms. The standard InChI is InChI=1S/C10H10N2/c1-8-6-7-11-9-4-2-3-5-10(9)12-8/h2-7,11H,1H3. The highest BCUT2D eigenvalue weighted by Crippen LogP contribution is 2.25. The Hall–Kier alpha value is -1.57. The van der Waals surface area contributed by atoms with Gasteiger partial charge in [0.25, 0.3) is 0 Å². The van der Waals surface area contributed by atoms with E-state index in [1.54, 1.807) is 0 Å². The second-order valence-corrected chi connectivity index (χ2v) is 2.75. The van der Waals surface area contributed by atoms with Crippen LogP contribution in [-0.2, 0) is 0 Å². The van der Waals surface area contributed by atoms with Gasteiger partial charge in [-0.25, -0.2) is 0 Å². The Morgan fingerprint density at radius 3 is 3.00 bits per heavy atom. The molecule has 2 nitrogen and oxygen atoms in total. The summed E-state index contributed by atoms with van der Waals surface area (Å²) in [6.45, 7) is 1.99. The van der Waals surface area contributed by atoms with Crippen LogP contribution in [0.4, 0.5) is 11.4 Å². The molecule has 1 aliphatic heterocycles. The molecule has 0 saturated heterocycles. The molecule has 0 radical (unpaired) electrons. The normalized spacial score (nSPS) is 14.2. The number of anilines is 1. The summed E-state index contributed by atoms with van der Waals surface area (Å²) in [5.74, 6) is 0. The molecular weight excluding hydrogens is 148 g/mol. The maximum Gasteiger partial charge on any atom is 0.0867 e. The van der Waals surface area contributed by atoms with Crippen molar-refractivity contribution in [1.29, 1.82) is 0 Å². The SMILES string of the molecule is CC1=Nc2ccccc2NC=C1. The number of aliphatic imine (C=N–C) groups is 1. The van der Waals surface area contributed by atoms with Gasteiger partial charge in [0.15, 0.2) is 0 Å². The van der Waals surface area contributed by atoms with Crippen LogP contribution in [0.3, 0.4) is 0 Å². The summed E-state index contributed by atoms with van der Waals surface area (Å²) in [4.78, 5) is 4.41. The van der Waals surface area contributed by atoms with Crippen molar-refractivity contribution in [1.82, 2.24) is 0 Å². The number of nitrogens with one attached hydrogen (secondary N) is 1. The molecule has 0 spiro atoms. The lowest BCUT2D eigenvalue weighted by atomic mass is 10.3. The van der Waals surface area contributed by atoms with Crippen molar-refractivity contribution in [3.05, 3.63) is 36.5 Å². The lowest BCUT2D eigenvalue weighted by Gasteiger charge is -2.01. The molecule has 1 heterocycles. The second-order valence-electron chi connectivity index (χ2n) is 2.75. The van der Waals surface area contributed by atoms with Crippen LogP contribution >= 0.6 is 0 Å². The first kappa shape index (κ1) is 7.10. The van der Waals surface area contributed by atoms with Crippen LogP contribution in [0, 0.1) is 0 Å². The predicted molar refractivity (Wildman–Crippen MR) is 52.0 cm³/mol. The van der Waals surface area contributed by atoms with Crippen molar-refractivity contribution in [2.24, 2.45) is 4.99 Å². The molecule has 0 atom stereocenters. The number of rotatable bonds is 0. The fourth-order valence-electron chi connectivity index (χ4n) is 1.17. The van der Waals surface area contributed by atoms with Gasteiger partial charge in [0.05, 0.1) is 11.4 Å². The predicted octanol–water partition coefficient (Wildman–Crippen LogP) is 2.72. The van der Waals surface area contributed by atoms with Gasteiger partial charge in [-0.1, -0.05) is 12.1 Å².